The van der Waals surface area contributed by atoms with E-state index in [-0.39, 0.29) is 17.4 Å². The van der Waals surface area contributed by atoms with Crippen molar-refractivity contribution in [1.82, 2.24) is 9.97 Å². The van der Waals surface area contributed by atoms with Gasteiger partial charge in [-0.2, -0.15) is 4.98 Å². The molecule has 1 aromatic carbocycles. The van der Waals surface area contributed by atoms with Gasteiger partial charge < -0.3 is 20.2 Å². The Labute approximate surface area is 122 Å². The van der Waals surface area contributed by atoms with Crippen LogP contribution >= 0.6 is 0 Å². The monoisotopic (exact) mass is 289 g/mol. The summed E-state index contributed by atoms with van der Waals surface area (Å²) in [6.45, 7) is 4.30. The molecule has 6 nitrogen and oxygen atoms in total. The van der Waals surface area contributed by atoms with Gasteiger partial charge in [-0.05, 0) is 17.7 Å². The first-order valence-electron chi connectivity index (χ1n) is 6.69. The van der Waals surface area contributed by atoms with Gasteiger partial charge in [0.2, 0.25) is 5.88 Å². The third-order valence-electron chi connectivity index (χ3n) is 2.96. The first-order chi connectivity index (χ1) is 10.0. The number of rotatable bonds is 5. The maximum Gasteiger partial charge on any atom is 0.254 e. The lowest BCUT2D eigenvalue weighted by atomic mass is 10.2. The number of hydrogen-bond donors (Lipinski definition) is 2. The van der Waals surface area contributed by atoms with E-state index in [1.54, 1.807) is 19.2 Å². The first-order valence-corrected chi connectivity index (χ1v) is 6.69. The number of nitrogens with zero attached hydrogens (tertiary/aromatic N) is 1. The molecule has 0 bridgehead atoms. The van der Waals surface area contributed by atoms with Crippen LogP contribution in [0.3, 0.4) is 0 Å². The van der Waals surface area contributed by atoms with Gasteiger partial charge in [0, 0.05) is 12.5 Å². The second-order valence-corrected chi connectivity index (χ2v) is 4.91. The predicted octanol–water partition coefficient (Wildman–Crippen LogP) is 2.15. The van der Waals surface area contributed by atoms with Crippen LogP contribution in [0.4, 0.5) is 0 Å². The summed E-state index contributed by atoms with van der Waals surface area (Å²) in [6.07, 6.45) is 0. The van der Waals surface area contributed by atoms with Gasteiger partial charge in [0.1, 0.15) is 5.82 Å². The van der Waals surface area contributed by atoms with Gasteiger partial charge in [-0.25, -0.2) is 0 Å². The van der Waals surface area contributed by atoms with Crippen molar-refractivity contribution in [3.05, 3.63) is 46.0 Å². The number of ether oxygens (including phenoxy) is 2. The van der Waals surface area contributed by atoms with Crippen molar-refractivity contribution >= 4 is 0 Å². The lowest BCUT2D eigenvalue weighted by molar-refractivity contribution is 0.372. The van der Waals surface area contributed by atoms with Crippen LogP contribution in [0.1, 0.15) is 31.2 Å². The molecule has 0 radical (unpaired) electrons. The molecule has 0 aliphatic carbocycles. The fourth-order valence-corrected chi connectivity index (χ4v) is 1.82. The van der Waals surface area contributed by atoms with Crippen molar-refractivity contribution in [2.75, 3.05) is 7.11 Å². The smallest absolute Gasteiger partial charge is 0.254 e. The molecule has 0 atom stereocenters. The Morgan fingerprint density at radius 2 is 2.05 bits per heavy atom. The average molecular weight is 289 g/mol. The van der Waals surface area contributed by atoms with Gasteiger partial charge in [-0.1, -0.05) is 19.9 Å². The van der Waals surface area contributed by atoms with Gasteiger partial charge in [0.25, 0.3) is 5.56 Å². The Hall–Kier alpha value is -2.34. The third-order valence-corrected chi connectivity index (χ3v) is 2.96. The predicted molar refractivity (Wildman–Crippen MR) is 79.9 cm³/mol. The molecule has 0 amide bonds. The van der Waals surface area contributed by atoms with E-state index in [4.69, 9.17) is 15.2 Å². The SMILES string of the molecule is COc1cc(CN)ccc1Oc1cc(=O)[nH]c(C(C)C)n1. The normalized spacial score (nSPS) is 10.7. The van der Waals surface area contributed by atoms with Crippen molar-refractivity contribution in [3.63, 3.8) is 0 Å². The number of methoxy groups -OCH3 is 1. The summed E-state index contributed by atoms with van der Waals surface area (Å²) < 4.78 is 10.9. The molecule has 21 heavy (non-hydrogen) atoms. The zero-order valence-corrected chi connectivity index (χ0v) is 12.3. The molecule has 6 heteroatoms. The highest BCUT2D eigenvalue weighted by Gasteiger charge is 2.10. The van der Waals surface area contributed by atoms with Gasteiger partial charge in [-0.3, -0.25) is 4.79 Å². The fourth-order valence-electron chi connectivity index (χ4n) is 1.82. The number of aromatic nitrogens is 2. The van der Waals surface area contributed by atoms with Crippen molar-refractivity contribution in [2.24, 2.45) is 5.73 Å². The van der Waals surface area contributed by atoms with Crippen molar-refractivity contribution in [2.45, 2.75) is 26.3 Å². The summed E-state index contributed by atoms with van der Waals surface area (Å²) in [7, 11) is 1.55. The van der Waals surface area contributed by atoms with E-state index in [1.807, 2.05) is 19.9 Å². The van der Waals surface area contributed by atoms with Gasteiger partial charge in [-0.15, -0.1) is 0 Å². The maximum atomic E-state index is 11.6. The van der Waals surface area contributed by atoms with Crippen LogP contribution in [0, 0.1) is 0 Å². The summed E-state index contributed by atoms with van der Waals surface area (Å²) in [4.78, 5) is 18.6. The summed E-state index contributed by atoms with van der Waals surface area (Å²) >= 11 is 0. The van der Waals surface area contributed by atoms with E-state index < -0.39 is 0 Å². The average Bonchev–Trinajstić information content (AvgIpc) is 2.47. The number of nitrogens with one attached hydrogen (secondary N) is 1. The van der Waals surface area contributed by atoms with Crippen LogP contribution in [0.2, 0.25) is 0 Å². The quantitative estimate of drug-likeness (QED) is 0.880. The molecule has 0 saturated carbocycles. The zero-order chi connectivity index (χ0) is 15.4. The molecule has 0 aliphatic rings. The maximum absolute atomic E-state index is 11.6. The standard InChI is InChI=1S/C15H19N3O3/c1-9(2)15-17-13(19)7-14(18-15)21-11-5-4-10(8-16)6-12(11)20-3/h4-7,9H,8,16H2,1-3H3,(H,17,18,19). The van der Waals surface area contributed by atoms with Crippen molar-refractivity contribution in [1.29, 1.82) is 0 Å². The van der Waals surface area contributed by atoms with Gasteiger partial charge in [0.05, 0.1) is 13.2 Å². The highest BCUT2D eigenvalue weighted by Crippen LogP contribution is 2.31. The Morgan fingerprint density at radius 3 is 2.67 bits per heavy atom. The highest BCUT2D eigenvalue weighted by molar-refractivity contribution is 5.44. The Balaban J connectivity index is 2.36. The van der Waals surface area contributed by atoms with Crippen molar-refractivity contribution in [3.8, 4) is 17.4 Å². The molecule has 0 unspecified atom stereocenters. The van der Waals surface area contributed by atoms with Gasteiger partial charge >= 0.3 is 0 Å². The minimum absolute atomic E-state index is 0.0998. The molecule has 0 aliphatic heterocycles. The minimum Gasteiger partial charge on any atom is -0.493 e. The van der Waals surface area contributed by atoms with E-state index in [9.17, 15) is 4.79 Å². The van der Waals surface area contributed by atoms with Crippen molar-refractivity contribution < 1.29 is 9.47 Å². The lowest BCUT2D eigenvalue weighted by Crippen LogP contribution is -2.12. The summed E-state index contributed by atoms with van der Waals surface area (Å²) in [5.41, 5.74) is 6.28. The topological polar surface area (TPSA) is 90.2 Å². The van der Waals surface area contributed by atoms with E-state index in [1.165, 1.54) is 6.07 Å². The van der Waals surface area contributed by atoms with E-state index in [0.29, 0.717) is 23.9 Å². The summed E-state index contributed by atoms with van der Waals surface area (Å²) in [5.74, 6) is 1.95. The molecule has 2 rings (SSSR count). The Kier molecular flexibility index (Phi) is 4.59. The largest absolute Gasteiger partial charge is 0.493 e. The van der Waals surface area contributed by atoms with E-state index in [0.717, 1.165) is 5.56 Å². The number of aromatic amines is 1. The first kappa shape index (κ1) is 15.1. The summed E-state index contributed by atoms with van der Waals surface area (Å²) in [6, 6.07) is 6.70. The van der Waals surface area contributed by atoms with Crippen LogP contribution < -0.4 is 20.8 Å². The number of hydrogen-bond acceptors (Lipinski definition) is 5. The van der Waals surface area contributed by atoms with Crippen LogP contribution in [0.15, 0.2) is 29.1 Å². The number of H-pyrrole nitrogens is 1. The molecule has 3 N–H and O–H groups in total. The van der Waals surface area contributed by atoms with Crippen LogP contribution in [0.5, 0.6) is 17.4 Å². The minimum atomic E-state index is -0.249. The molecular formula is C15H19N3O3. The molecule has 1 heterocycles. The molecule has 0 saturated heterocycles. The highest BCUT2D eigenvalue weighted by atomic mass is 16.5. The van der Waals surface area contributed by atoms with Crippen LogP contribution in [0.25, 0.3) is 0 Å². The van der Waals surface area contributed by atoms with Gasteiger partial charge in [0.15, 0.2) is 11.5 Å². The Morgan fingerprint density at radius 1 is 1.29 bits per heavy atom. The molecule has 0 fully saturated rings. The fraction of sp³-hybridized carbons (Fsp3) is 0.333. The zero-order valence-electron chi connectivity index (χ0n) is 12.3. The lowest BCUT2D eigenvalue weighted by Gasteiger charge is -2.12. The number of benzene rings is 1. The second kappa shape index (κ2) is 6.41. The second-order valence-electron chi connectivity index (χ2n) is 4.91. The van der Waals surface area contributed by atoms with Crippen LogP contribution in [-0.2, 0) is 6.54 Å². The molecule has 112 valence electrons. The third kappa shape index (κ3) is 3.61. The number of nitrogens with two attached hydrogens (primary N) is 1. The van der Waals surface area contributed by atoms with E-state index in [2.05, 4.69) is 9.97 Å². The van der Waals surface area contributed by atoms with Crippen LogP contribution in [-0.4, -0.2) is 17.1 Å². The molecule has 2 aromatic rings. The molecule has 0 spiro atoms. The molecular weight excluding hydrogens is 270 g/mol. The Bertz CT molecular complexity index is 680. The summed E-state index contributed by atoms with van der Waals surface area (Å²) in [5, 5.41) is 0. The van der Waals surface area contributed by atoms with E-state index >= 15 is 0 Å². The molecule has 1 aromatic heterocycles.